The molecule has 158 valence electrons. The number of nitrogens with two attached hydrogens (primary N) is 2. The van der Waals surface area contributed by atoms with E-state index < -0.39 is 73.1 Å². The van der Waals surface area contributed by atoms with Crippen LogP contribution in [0.15, 0.2) is 0 Å². The second kappa shape index (κ2) is 11.5. The number of carboxylic acid groups (broad SMARTS) is 2. The maximum absolute atomic E-state index is 12.1. The van der Waals surface area contributed by atoms with Crippen molar-refractivity contribution >= 4 is 35.6 Å². The minimum absolute atomic E-state index is 0.245. The van der Waals surface area contributed by atoms with Gasteiger partial charge in [0, 0.05) is 0 Å². The van der Waals surface area contributed by atoms with Crippen LogP contribution in [0.1, 0.15) is 26.7 Å². The highest BCUT2D eigenvalue weighted by molar-refractivity contribution is 5.95. The lowest BCUT2D eigenvalue weighted by atomic mass is 10.0. The van der Waals surface area contributed by atoms with Gasteiger partial charge in [0.2, 0.25) is 23.6 Å². The van der Waals surface area contributed by atoms with E-state index in [1.807, 2.05) is 5.32 Å². The molecule has 4 amide bonds. The summed E-state index contributed by atoms with van der Waals surface area (Å²) in [4.78, 5) is 68.4. The molecule has 9 N–H and O–H groups in total. The van der Waals surface area contributed by atoms with Crippen molar-refractivity contribution in [3.63, 3.8) is 0 Å². The molecule has 0 bridgehead atoms. The fourth-order valence-corrected chi connectivity index (χ4v) is 1.89. The molecular weight excluding hydrogens is 378 g/mol. The van der Waals surface area contributed by atoms with E-state index in [0.29, 0.717) is 0 Å². The van der Waals surface area contributed by atoms with Crippen molar-refractivity contribution in [1.82, 2.24) is 16.0 Å². The number of amides is 4. The van der Waals surface area contributed by atoms with Gasteiger partial charge in [-0.3, -0.25) is 24.0 Å². The SMILES string of the molecule is CC(C)C(N)C(=O)NC(CC(N)=O)C(=O)NCC(=O)NC(CC(=O)O)C(=O)O. The molecule has 0 saturated heterocycles. The van der Waals surface area contributed by atoms with Gasteiger partial charge in [-0.05, 0) is 5.92 Å². The quantitative estimate of drug-likeness (QED) is 0.171. The zero-order valence-electron chi connectivity index (χ0n) is 15.4. The molecule has 0 aliphatic carbocycles. The van der Waals surface area contributed by atoms with Gasteiger partial charge in [-0.15, -0.1) is 0 Å². The van der Waals surface area contributed by atoms with E-state index >= 15 is 0 Å². The van der Waals surface area contributed by atoms with Crippen LogP contribution in [0, 0.1) is 5.92 Å². The Morgan fingerprint density at radius 2 is 1.46 bits per heavy atom. The number of carbonyl (C=O) groups is 6. The van der Waals surface area contributed by atoms with E-state index in [-0.39, 0.29) is 5.92 Å². The Morgan fingerprint density at radius 3 is 1.89 bits per heavy atom. The third-order valence-corrected chi connectivity index (χ3v) is 3.49. The Balaban J connectivity index is 4.87. The smallest absolute Gasteiger partial charge is 0.326 e. The van der Waals surface area contributed by atoms with E-state index in [9.17, 15) is 28.8 Å². The molecule has 0 saturated carbocycles. The van der Waals surface area contributed by atoms with Gasteiger partial charge < -0.3 is 37.6 Å². The van der Waals surface area contributed by atoms with Crippen LogP contribution in [0.4, 0.5) is 0 Å². The molecule has 28 heavy (non-hydrogen) atoms. The third kappa shape index (κ3) is 9.47. The van der Waals surface area contributed by atoms with Crippen molar-refractivity contribution in [3.8, 4) is 0 Å². The first-order valence-electron chi connectivity index (χ1n) is 8.21. The average Bonchev–Trinajstić information content (AvgIpc) is 2.56. The maximum Gasteiger partial charge on any atom is 0.326 e. The van der Waals surface area contributed by atoms with E-state index in [4.69, 9.17) is 21.7 Å². The minimum Gasteiger partial charge on any atom is -0.481 e. The number of aliphatic carboxylic acids is 2. The van der Waals surface area contributed by atoms with Gasteiger partial charge in [-0.25, -0.2) is 4.79 Å². The van der Waals surface area contributed by atoms with Crippen LogP contribution in [0.5, 0.6) is 0 Å². The predicted molar refractivity (Wildman–Crippen MR) is 93.4 cm³/mol. The fourth-order valence-electron chi connectivity index (χ4n) is 1.89. The van der Waals surface area contributed by atoms with Crippen molar-refractivity contribution in [2.24, 2.45) is 17.4 Å². The summed E-state index contributed by atoms with van der Waals surface area (Å²) in [5.74, 6) is -6.76. The molecule has 0 aliphatic rings. The van der Waals surface area contributed by atoms with Crippen molar-refractivity contribution in [1.29, 1.82) is 0 Å². The van der Waals surface area contributed by atoms with Gasteiger partial charge in [-0.2, -0.15) is 0 Å². The number of primary amides is 1. The monoisotopic (exact) mass is 403 g/mol. The molecule has 0 radical (unpaired) electrons. The lowest BCUT2D eigenvalue weighted by molar-refractivity contribution is -0.147. The van der Waals surface area contributed by atoms with Crippen molar-refractivity contribution in [2.75, 3.05) is 6.54 Å². The van der Waals surface area contributed by atoms with E-state index in [2.05, 4.69) is 10.6 Å². The number of carbonyl (C=O) groups excluding carboxylic acids is 4. The number of hydrogen-bond donors (Lipinski definition) is 7. The number of nitrogens with one attached hydrogen (secondary N) is 3. The highest BCUT2D eigenvalue weighted by Gasteiger charge is 2.28. The topological polar surface area (TPSA) is 231 Å². The summed E-state index contributed by atoms with van der Waals surface area (Å²) in [6, 6.07) is -4.03. The van der Waals surface area contributed by atoms with Crippen LogP contribution in [-0.2, 0) is 28.8 Å². The van der Waals surface area contributed by atoms with Gasteiger partial charge in [0.05, 0.1) is 25.4 Å². The molecule has 3 unspecified atom stereocenters. The number of carboxylic acids is 2. The molecule has 0 heterocycles. The van der Waals surface area contributed by atoms with Crippen LogP contribution in [0.2, 0.25) is 0 Å². The zero-order chi connectivity index (χ0) is 22.0. The Kier molecular flexibility index (Phi) is 10.2. The van der Waals surface area contributed by atoms with Crippen molar-refractivity contribution < 1.29 is 39.0 Å². The normalized spacial score (nSPS) is 13.7. The van der Waals surface area contributed by atoms with Gasteiger partial charge in [0.25, 0.3) is 0 Å². The number of rotatable bonds is 12. The molecule has 0 fully saturated rings. The number of hydrogen-bond acceptors (Lipinski definition) is 7. The lowest BCUT2D eigenvalue weighted by Crippen LogP contribution is -2.55. The third-order valence-electron chi connectivity index (χ3n) is 3.49. The maximum atomic E-state index is 12.1. The second-order valence-corrected chi connectivity index (χ2v) is 6.28. The van der Waals surface area contributed by atoms with Crippen LogP contribution in [0.25, 0.3) is 0 Å². The molecule has 13 heteroatoms. The van der Waals surface area contributed by atoms with E-state index in [1.54, 1.807) is 13.8 Å². The van der Waals surface area contributed by atoms with Gasteiger partial charge in [-0.1, -0.05) is 13.8 Å². The molecule has 0 aromatic heterocycles. The molecule has 0 spiro atoms. The summed E-state index contributed by atoms with van der Waals surface area (Å²) >= 11 is 0. The zero-order valence-corrected chi connectivity index (χ0v) is 15.4. The van der Waals surface area contributed by atoms with Crippen molar-refractivity contribution in [3.05, 3.63) is 0 Å². The lowest BCUT2D eigenvalue weighted by Gasteiger charge is -2.21. The summed E-state index contributed by atoms with van der Waals surface area (Å²) in [6.07, 6.45) is -1.41. The summed E-state index contributed by atoms with van der Waals surface area (Å²) < 4.78 is 0. The van der Waals surface area contributed by atoms with Crippen molar-refractivity contribution in [2.45, 2.75) is 44.8 Å². The van der Waals surface area contributed by atoms with Crippen LogP contribution in [-0.4, -0.2) is 70.5 Å². The minimum atomic E-state index is -1.69. The molecular formula is C15H25N5O8. The van der Waals surface area contributed by atoms with Gasteiger partial charge >= 0.3 is 11.9 Å². The predicted octanol–water partition coefficient (Wildman–Crippen LogP) is -3.51. The standard InChI is InChI=1S/C15H25N5O8/c1-6(2)12(17)14(26)20-7(3-9(16)21)13(25)18-5-10(22)19-8(15(27)28)4-11(23)24/h6-8,12H,3-5,17H2,1-2H3,(H2,16,21)(H,18,25)(H,19,22)(H,20,26)(H,23,24)(H,27,28). The Bertz CT molecular complexity index is 636. The average molecular weight is 403 g/mol. The summed E-state index contributed by atoms with van der Waals surface area (Å²) in [6.45, 7) is 2.63. The molecule has 0 rings (SSSR count). The first-order valence-corrected chi connectivity index (χ1v) is 8.21. The van der Waals surface area contributed by atoms with Gasteiger partial charge in [0.1, 0.15) is 12.1 Å². The van der Waals surface area contributed by atoms with Gasteiger partial charge in [0.15, 0.2) is 0 Å². The van der Waals surface area contributed by atoms with Crippen LogP contribution < -0.4 is 27.4 Å². The Labute approximate surface area is 160 Å². The van der Waals surface area contributed by atoms with E-state index in [1.165, 1.54) is 0 Å². The first kappa shape index (κ1) is 24.8. The largest absolute Gasteiger partial charge is 0.481 e. The fraction of sp³-hybridized carbons (Fsp3) is 0.600. The van der Waals surface area contributed by atoms with Crippen LogP contribution >= 0.6 is 0 Å². The molecule has 3 atom stereocenters. The Morgan fingerprint density at radius 1 is 0.893 bits per heavy atom. The summed E-state index contributed by atoms with van der Waals surface area (Å²) in [5.41, 5.74) is 10.7. The van der Waals surface area contributed by atoms with Crippen LogP contribution in [0.3, 0.4) is 0 Å². The summed E-state index contributed by atoms with van der Waals surface area (Å²) in [7, 11) is 0. The Hall–Kier alpha value is -3.22. The highest BCUT2D eigenvalue weighted by atomic mass is 16.4. The summed E-state index contributed by atoms with van der Waals surface area (Å²) in [5, 5.41) is 23.8. The second-order valence-electron chi connectivity index (χ2n) is 6.28. The molecule has 0 aromatic carbocycles. The highest BCUT2D eigenvalue weighted by Crippen LogP contribution is 2.00. The molecule has 13 nitrogen and oxygen atoms in total. The first-order chi connectivity index (χ1) is 12.8. The van der Waals surface area contributed by atoms with E-state index in [0.717, 1.165) is 0 Å². The molecule has 0 aliphatic heterocycles. The molecule has 0 aromatic rings.